The van der Waals surface area contributed by atoms with Gasteiger partial charge in [0.05, 0.1) is 12.9 Å². The van der Waals surface area contributed by atoms with Crippen molar-refractivity contribution in [1.82, 2.24) is 14.9 Å². The fourth-order valence-corrected chi connectivity index (χ4v) is 1.94. The third kappa shape index (κ3) is 3.83. The van der Waals surface area contributed by atoms with Crippen molar-refractivity contribution in [1.29, 1.82) is 0 Å². The van der Waals surface area contributed by atoms with Crippen LogP contribution >= 0.6 is 0 Å². The van der Waals surface area contributed by atoms with E-state index in [0.717, 1.165) is 24.9 Å². The lowest BCUT2D eigenvalue weighted by Crippen LogP contribution is -2.15. The van der Waals surface area contributed by atoms with E-state index in [4.69, 9.17) is 4.74 Å². The summed E-state index contributed by atoms with van der Waals surface area (Å²) in [5.41, 5.74) is 1.31. The quantitative estimate of drug-likeness (QED) is 0.826. The van der Waals surface area contributed by atoms with Crippen molar-refractivity contribution in [3.05, 3.63) is 48.5 Å². The van der Waals surface area contributed by atoms with Crippen LogP contribution in [0.2, 0.25) is 0 Å². The Morgan fingerprint density at radius 1 is 1.26 bits per heavy atom. The van der Waals surface area contributed by atoms with Gasteiger partial charge in [-0.2, -0.15) is 0 Å². The Hall–Kier alpha value is -1.81. The van der Waals surface area contributed by atoms with Gasteiger partial charge in [-0.3, -0.25) is 0 Å². The van der Waals surface area contributed by atoms with Crippen LogP contribution in [0.5, 0.6) is 5.75 Å². The number of benzene rings is 1. The molecule has 1 fully saturated rings. The lowest BCUT2D eigenvalue weighted by atomic mass is 10.2. The van der Waals surface area contributed by atoms with Crippen LogP contribution in [0.25, 0.3) is 0 Å². The minimum Gasteiger partial charge on any atom is -0.492 e. The number of nitrogens with one attached hydrogen (secondary N) is 1. The minimum atomic E-state index is 0.663. The van der Waals surface area contributed by atoms with E-state index in [1.54, 1.807) is 12.5 Å². The molecule has 1 aliphatic rings. The number of nitrogens with zero attached hydrogens (tertiary/aromatic N) is 2. The van der Waals surface area contributed by atoms with Gasteiger partial charge < -0.3 is 14.6 Å². The Bertz CT molecular complexity index is 489. The third-order valence-electron chi connectivity index (χ3n) is 3.27. The number of rotatable bonds is 7. The fraction of sp³-hybridized carbons (Fsp3) is 0.400. The lowest BCUT2D eigenvalue weighted by Gasteiger charge is -2.08. The standard InChI is InChI=1S/C15H19N3O/c1-5-15(19-10-9-18-8-7-16-12-18)6-2-13(1)11-17-14-3-4-14/h1-2,5-8,12,14,17H,3-4,9-11H2. The Kier molecular flexibility index (Phi) is 3.79. The number of hydrogen-bond acceptors (Lipinski definition) is 3. The van der Waals surface area contributed by atoms with Crippen LogP contribution < -0.4 is 10.1 Å². The molecule has 1 aromatic carbocycles. The van der Waals surface area contributed by atoms with E-state index >= 15 is 0 Å². The molecule has 0 bridgehead atoms. The molecule has 1 heterocycles. The summed E-state index contributed by atoms with van der Waals surface area (Å²) in [6, 6.07) is 9.09. The largest absolute Gasteiger partial charge is 0.492 e. The van der Waals surface area contributed by atoms with E-state index in [1.165, 1.54) is 18.4 Å². The Balaban J connectivity index is 1.42. The summed E-state index contributed by atoms with van der Waals surface area (Å²) in [4.78, 5) is 4.00. The normalized spacial score (nSPS) is 14.5. The molecule has 1 aromatic heterocycles. The van der Waals surface area contributed by atoms with Crippen LogP contribution in [0.3, 0.4) is 0 Å². The molecule has 0 saturated heterocycles. The molecule has 1 aliphatic carbocycles. The molecule has 3 rings (SSSR count). The molecule has 0 amide bonds. The number of ether oxygens (including phenoxy) is 1. The first-order chi connectivity index (χ1) is 9.40. The molecule has 0 spiro atoms. The highest BCUT2D eigenvalue weighted by atomic mass is 16.5. The van der Waals surface area contributed by atoms with Gasteiger partial charge in [0.15, 0.2) is 0 Å². The van der Waals surface area contributed by atoms with Crippen LogP contribution in [0.4, 0.5) is 0 Å². The molecule has 100 valence electrons. The van der Waals surface area contributed by atoms with E-state index in [1.807, 2.05) is 22.9 Å². The molecule has 0 unspecified atom stereocenters. The van der Waals surface area contributed by atoms with Crippen molar-refractivity contribution in [3.8, 4) is 5.75 Å². The van der Waals surface area contributed by atoms with Crippen LogP contribution in [0.15, 0.2) is 43.0 Å². The van der Waals surface area contributed by atoms with Gasteiger partial charge in [-0.1, -0.05) is 12.1 Å². The minimum absolute atomic E-state index is 0.663. The van der Waals surface area contributed by atoms with Crippen LogP contribution in [0.1, 0.15) is 18.4 Å². The summed E-state index contributed by atoms with van der Waals surface area (Å²) < 4.78 is 7.71. The average Bonchev–Trinajstić information content (AvgIpc) is 3.13. The zero-order valence-corrected chi connectivity index (χ0v) is 11.0. The molecule has 0 atom stereocenters. The van der Waals surface area contributed by atoms with Crippen LogP contribution in [-0.2, 0) is 13.1 Å². The zero-order chi connectivity index (χ0) is 12.9. The molecule has 0 aliphatic heterocycles. The molecule has 4 nitrogen and oxygen atoms in total. The van der Waals surface area contributed by atoms with E-state index in [0.29, 0.717) is 6.61 Å². The van der Waals surface area contributed by atoms with Gasteiger partial charge in [0, 0.05) is 25.0 Å². The second-order valence-corrected chi connectivity index (χ2v) is 4.95. The summed E-state index contributed by atoms with van der Waals surface area (Å²) in [7, 11) is 0. The van der Waals surface area contributed by atoms with Crippen molar-refractivity contribution >= 4 is 0 Å². The molecule has 0 radical (unpaired) electrons. The first-order valence-corrected chi connectivity index (χ1v) is 6.81. The van der Waals surface area contributed by atoms with E-state index < -0.39 is 0 Å². The molecule has 4 heteroatoms. The monoisotopic (exact) mass is 257 g/mol. The van der Waals surface area contributed by atoms with Gasteiger partial charge in [-0.05, 0) is 30.5 Å². The van der Waals surface area contributed by atoms with E-state index in [-0.39, 0.29) is 0 Å². The number of hydrogen-bond donors (Lipinski definition) is 1. The topological polar surface area (TPSA) is 39.1 Å². The molecular formula is C15H19N3O. The Morgan fingerprint density at radius 3 is 2.79 bits per heavy atom. The summed E-state index contributed by atoms with van der Waals surface area (Å²) in [5.74, 6) is 0.926. The SMILES string of the molecule is c1cn(CCOc2ccc(CNC3CC3)cc2)cn1. The van der Waals surface area contributed by atoms with Crippen molar-refractivity contribution in [3.63, 3.8) is 0 Å². The Morgan fingerprint density at radius 2 is 2.11 bits per heavy atom. The average molecular weight is 257 g/mol. The second-order valence-electron chi connectivity index (χ2n) is 4.95. The molecular weight excluding hydrogens is 238 g/mol. The maximum Gasteiger partial charge on any atom is 0.119 e. The molecule has 2 aromatic rings. The third-order valence-corrected chi connectivity index (χ3v) is 3.27. The maximum atomic E-state index is 5.70. The predicted molar refractivity (Wildman–Crippen MR) is 74.0 cm³/mol. The van der Waals surface area contributed by atoms with Gasteiger partial charge in [-0.25, -0.2) is 4.98 Å². The second kappa shape index (κ2) is 5.89. The summed E-state index contributed by atoms with van der Waals surface area (Å²) in [5, 5.41) is 3.50. The van der Waals surface area contributed by atoms with Gasteiger partial charge in [-0.15, -0.1) is 0 Å². The smallest absolute Gasteiger partial charge is 0.119 e. The van der Waals surface area contributed by atoms with Gasteiger partial charge in [0.2, 0.25) is 0 Å². The predicted octanol–water partition coefficient (Wildman–Crippen LogP) is 2.21. The van der Waals surface area contributed by atoms with Gasteiger partial charge >= 0.3 is 0 Å². The molecule has 1 N–H and O–H groups in total. The highest BCUT2D eigenvalue weighted by Gasteiger charge is 2.19. The van der Waals surface area contributed by atoms with Gasteiger partial charge in [0.25, 0.3) is 0 Å². The van der Waals surface area contributed by atoms with Crippen molar-refractivity contribution in [2.45, 2.75) is 32.0 Å². The molecule has 1 saturated carbocycles. The van der Waals surface area contributed by atoms with Gasteiger partial charge in [0.1, 0.15) is 12.4 Å². The summed E-state index contributed by atoms with van der Waals surface area (Å²) in [6.45, 7) is 2.45. The number of imidazole rings is 1. The highest BCUT2D eigenvalue weighted by Crippen LogP contribution is 2.19. The van der Waals surface area contributed by atoms with Crippen molar-refractivity contribution in [2.24, 2.45) is 0 Å². The first kappa shape index (κ1) is 12.2. The zero-order valence-electron chi connectivity index (χ0n) is 11.0. The summed E-state index contributed by atoms with van der Waals surface area (Å²) >= 11 is 0. The van der Waals surface area contributed by atoms with Crippen LogP contribution in [-0.4, -0.2) is 22.2 Å². The first-order valence-electron chi connectivity index (χ1n) is 6.81. The number of aromatic nitrogens is 2. The fourth-order valence-electron chi connectivity index (χ4n) is 1.94. The highest BCUT2D eigenvalue weighted by molar-refractivity contribution is 5.27. The lowest BCUT2D eigenvalue weighted by molar-refractivity contribution is 0.298. The van der Waals surface area contributed by atoms with Crippen molar-refractivity contribution in [2.75, 3.05) is 6.61 Å². The summed E-state index contributed by atoms with van der Waals surface area (Å²) in [6.07, 6.45) is 8.18. The van der Waals surface area contributed by atoms with Crippen molar-refractivity contribution < 1.29 is 4.74 Å². The van der Waals surface area contributed by atoms with Crippen LogP contribution in [0, 0.1) is 0 Å². The van der Waals surface area contributed by atoms with E-state index in [9.17, 15) is 0 Å². The Labute approximate surface area is 113 Å². The van der Waals surface area contributed by atoms with E-state index in [2.05, 4.69) is 22.4 Å². The molecule has 19 heavy (non-hydrogen) atoms. The maximum absolute atomic E-state index is 5.70.